The molecule has 0 saturated carbocycles. The predicted octanol–water partition coefficient (Wildman–Crippen LogP) is 3.22. The van der Waals surface area contributed by atoms with Crippen LogP contribution >= 0.6 is 11.3 Å². The van der Waals surface area contributed by atoms with Crippen molar-refractivity contribution in [2.75, 3.05) is 64.4 Å². The van der Waals surface area contributed by atoms with Crippen molar-refractivity contribution in [3.05, 3.63) is 73.3 Å². The van der Waals surface area contributed by atoms with Crippen molar-refractivity contribution in [2.45, 2.75) is 4.90 Å². The number of nitrogens with one attached hydrogen (secondary N) is 1. The van der Waals surface area contributed by atoms with Crippen LogP contribution in [-0.2, 0) is 10.0 Å². The molecule has 1 saturated heterocycles. The fourth-order valence-electron chi connectivity index (χ4n) is 4.23. The maximum Gasteiger partial charge on any atom is 0.251 e. The minimum absolute atomic E-state index is 0.128. The van der Waals surface area contributed by atoms with Crippen LogP contribution < -0.4 is 15.0 Å². The number of piperazine rings is 1. The Labute approximate surface area is 228 Å². The zero-order valence-electron chi connectivity index (χ0n) is 21.5. The summed E-state index contributed by atoms with van der Waals surface area (Å²) in [5.41, 5.74) is 1.40. The highest BCUT2D eigenvalue weighted by atomic mass is 32.2. The maximum absolute atomic E-state index is 12.8. The van der Waals surface area contributed by atoms with E-state index in [4.69, 9.17) is 9.72 Å². The van der Waals surface area contributed by atoms with Crippen LogP contribution in [0.5, 0.6) is 5.75 Å². The molecule has 1 N–H and O–H groups in total. The van der Waals surface area contributed by atoms with E-state index in [0.29, 0.717) is 12.1 Å². The lowest BCUT2D eigenvalue weighted by molar-refractivity contribution is 0.0947. The molecule has 0 spiro atoms. The zero-order chi connectivity index (χ0) is 27.1. The summed E-state index contributed by atoms with van der Waals surface area (Å²) in [6, 6.07) is 11.9. The molecule has 0 atom stereocenters. The topological polar surface area (TPSA) is 95.1 Å². The standard InChI is InChI=1S/C27H33N5O4S2/c1-4-13-32(14-5-2)38(34,35)23-9-6-21(7-10-23)26(33)28-12-15-30-16-18-31(19-17-30)27-29-24-11-8-22(36-3)20-25(24)37-27/h4-11,20H,1-2,12-19H2,3H3,(H,28,33). The van der Waals surface area contributed by atoms with E-state index in [0.717, 1.165) is 53.8 Å². The van der Waals surface area contributed by atoms with Crippen molar-refractivity contribution in [2.24, 2.45) is 0 Å². The van der Waals surface area contributed by atoms with Crippen molar-refractivity contribution in [1.29, 1.82) is 0 Å². The minimum Gasteiger partial charge on any atom is -0.497 e. The highest BCUT2D eigenvalue weighted by molar-refractivity contribution is 7.89. The molecule has 1 aromatic heterocycles. The normalized spacial score (nSPS) is 14.5. The Balaban J connectivity index is 1.25. The molecule has 1 aliphatic heterocycles. The quantitative estimate of drug-likeness (QED) is 0.343. The number of hydrogen-bond acceptors (Lipinski definition) is 8. The molecule has 2 heterocycles. The van der Waals surface area contributed by atoms with Crippen LogP contribution in [-0.4, -0.2) is 88.0 Å². The second kappa shape index (κ2) is 12.5. The summed E-state index contributed by atoms with van der Waals surface area (Å²) in [7, 11) is -2.03. The van der Waals surface area contributed by atoms with Gasteiger partial charge in [0.2, 0.25) is 10.0 Å². The third-order valence-corrected chi connectivity index (χ3v) is 9.29. The van der Waals surface area contributed by atoms with Gasteiger partial charge in [0.05, 0.1) is 22.2 Å². The molecule has 2 aromatic carbocycles. The van der Waals surface area contributed by atoms with E-state index in [1.165, 1.54) is 40.7 Å². The molecule has 0 bridgehead atoms. The Morgan fingerprint density at radius 3 is 2.42 bits per heavy atom. The monoisotopic (exact) mass is 555 g/mol. The van der Waals surface area contributed by atoms with E-state index in [1.807, 2.05) is 18.2 Å². The number of nitrogens with zero attached hydrogens (tertiary/aromatic N) is 4. The van der Waals surface area contributed by atoms with Gasteiger partial charge in [-0.3, -0.25) is 9.69 Å². The second-order valence-corrected chi connectivity index (χ2v) is 11.8. The van der Waals surface area contributed by atoms with Crippen molar-refractivity contribution < 1.29 is 17.9 Å². The Morgan fingerprint density at radius 2 is 1.79 bits per heavy atom. The summed E-state index contributed by atoms with van der Waals surface area (Å²) < 4.78 is 33.4. The Morgan fingerprint density at radius 1 is 1.11 bits per heavy atom. The number of carbonyl (C=O) groups excluding carboxylic acids is 1. The molecule has 1 amide bonds. The summed E-state index contributed by atoms with van der Waals surface area (Å²) in [5.74, 6) is 0.603. The van der Waals surface area contributed by atoms with Crippen LogP contribution in [0.1, 0.15) is 10.4 Å². The van der Waals surface area contributed by atoms with Gasteiger partial charge in [-0.05, 0) is 42.5 Å². The summed E-state index contributed by atoms with van der Waals surface area (Å²) in [4.78, 5) is 22.1. The first-order valence-corrected chi connectivity index (χ1v) is 14.6. The van der Waals surface area contributed by atoms with Crippen molar-refractivity contribution in [3.8, 4) is 5.75 Å². The molecule has 0 unspecified atom stereocenters. The first kappa shape index (κ1) is 27.8. The van der Waals surface area contributed by atoms with E-state index in [-0.39, 0.29) is 23.9 Å². The third kappa shape index (κ3) is 6.41. The molecule has 11 heteroatoms. The van der Waals surface area contributed by atoms with Gasteiger partial charge in [0.1, 0.15) is 5.75 Å². The van der Waals surface area contributed by atoms with Crippen LogP contribution in [0.3, 0.4) is 0 Å². The number of anilines is 1. The van der Waals surface area contributed by atoms with Crippen LogP contribution in [0.25, 0.3) is 10.2 Å². The van der Waals surface area contributed by atoms with Crippen molar-refractivity contribution >= 4 is 42.6 Å². The van der Waals surface area contributed by atoms with E-state index < -0.39 is 10.0 Å². The Hall–Kier alpha value is -3.25. The third-order valence-electron chi connectivity index (χ3n) is 6.36. The molecule has 1 fully saturated rings. The summed E-state index contributed by atoms with van der Waals surface area (Å²) >= 11 is 1.67. The van der Waals surface area contributed by atoms with Gasteiger partial charge in [0.25, 0.3) is 5.91 Å². The predicted molar refractivity (Wildman–Crippen MR) is 153 cm³/mol. The average molecular weight is 556 g/mol. The van der Waals surface area contributed by atoms with Gasteiger partial charge in [-0.2, -0.15) is 4.31 Å². The van der Waals surface area contributed by atoms with Gasteiger partial charge in [-0.1, -0.05) is 23.5 Å². The Kier molecular flexibility index (Phi) is 9.16. The van der Waals surface area contributed by atoms with Gasteiger partial charge in [-0.25, -0.2) is 13.4 Å². The highest BCUT2D eigenvalue weighted by Crippen LogP contribution is 2.31. The lowest BCUT2D eigenvalue weighted by Crippen LogP contribution is -2.48. The van der Waals surface area contributed by atoms with E-state index in [9.17, 15) is 13.2 Å². The number of thiazole rings is 1. The number of carbonyl (C=O) groups is 1. The molecule has 0 radical (unpaired) electrons. The smallest absolute Gasteiger partial charge is 0.251 e. The fourth-order valence-corrected chi connectivity index (χ4v) is 6.66. The molecule has 38 heavy (non-hydrogen) atoms. The van der Waals surface area contributed by atoms with Crippen molar-refractivity contribution in [3.63, 3.8) is 0 Å². The number of sulfonamides is 1. The van der Waals surface area contributed by atoms with Gasteiger partial charge in [0, 0.05) is 57.9 Å². The largest absolute Gasteiger partial charge is 0.497 e. The van der Waals surface area contributed by atoms with Crippen LogP contribution in [0.15, 0.2) is 72.7 Å². The summed E-state index contributed by atoms with van der Waals surface area (Å²) in [6.07, 6.45) is 3.06. The van der Waals surface area contributed by atoms with Gasteiger partial charge >= 0.3 is 0 Å². The molecule has 9 nitrogen and oxygen atoms in total. The number of amides is 1. The Bertz CT molecular complexity index is 1370. The van der Waals surface area contributed by atoms with Crippen LogP contribution in [0.2, 0.25) is 0 Å². The number of fused-ring (bicyclic) bond motifs is 1. The molecule has 1 aliphatic rings. The minimum atomic E-state index is -3.70. The van der Waals surface area contributed by atoms with Gasteiger partial charge in [0.15, 0.2) is 5.13 Å². The molecule has 202 valence electrons. The SMILES string of the molecule is C=CCN(CC=C)S(=O)(=O)c1ccc(C(=O)NCCN2CCN(c3nc4ccc(OC)cc4s3)CC2)cc1. The number of benzene rings is 2. The molecule has 4 rings (SSSR count). The van der Waals surface area contributed by atoms with E-state index >= 15 is 0 Å². The number of ether oxygens (including phenoxy) is 1. The van der Waals surface area contributed by atoms with Gasteiger partial charge in [-0.15, -0.1) is 13.2 Å². The fraction of sp³-hybridized carbons (Fsp3) is 0.333. The van der Waals surface area contributed by atoms with E-state index in [2.05, 4.69) is 28.3 Å². The van der Waals surface area contributed by atoms with Crippen molar-refractivity contribution in [1.82, 2.24) is 19.5 Å². The highest BCUT2D eigenvalue weighted by Gasteiger charge is 2.23. The molecule has 0 aliphatic carbocycles. The van der Waals surface area contributed by atoms with Crippen LogP contribution in [0.4, 0.5) is 5.13 Å². The molecular weight excluding hydrogens is 522 g/mol. The number of hydrogen-bond donors (Lipinski definition) is 1. The van der Waals surface area contributed by atoms with E-state index in [1.54, 1.807) is 18.4 Å². The number of aromatic nitrogens is 1. The first-order valence-electron chi connectivity index (χ1n) is 12.4. The zero-order valence-corrected chi connectivity index (χ0v) is 23.1. The average Bonchev–Trinajstić information content (AvgIpc) is 3.36. The number of rotatable bonds is 12. The first-order chi connectivity index (χ1) is 18.3. The second-order valence-electron chi connectivity index (χ2n) is 8.84. The molecule has 3 aromatic rings. The number of methoxy groups -OCH3 is 1. The lowest BCUT2D eigenvalue weighted by Gasteiger charge is -2.34. The lowest BCUT2D eigenvalue weighted by atomic mass is 10.2. The van der Waals surface area contributed by atoms with Crippen LogP contribution in [0, 0.1) is 0 Å². The summed E-state index contributed by atoms with van der Waals surface area (Å²) in [6.45, 7) is 12.3. The maximum atomic E-state index is 12.8. The van der Waals surface area contributed by atoms with Gasteiger partial charge < -0.3 is 15.0 Å². The summed E-state index contributed by atoms with van der Waals surface area (Å²) in [5, 5.41) is 3.95. The molecular formula is C27H33N5O4S2.